The predicted molar refractivity (Wildman–Crippen MR) is 81.6 cm³/mol. The maximum atomic E-state index is 5.82. The monoisotopic (exact) mass is 302 g/mol. The van der Waals surface area contributed by atoms with E-state index < -0.39 is 0 Å². The molecule has 1 rings (SSSR count). The summed E-state index contributed by atoms with van der Waals surface area (Å²) in [4.78, 5) is 0. The fourth-order valence-electron chi connectivity index (χ4n) is 1.47. The van der Waals surface area contributed by atoms with E-state index in [0.29, 0.717) is 11.7 Å². The third-order valence-electron chi connectivity index (χ3n) is 2.57. The second-order valence-electron chi connectivity index (χ2n) is 3.91. The lowest BCUT2D eigenvalue weighted by Gasteiger charge is -2.16. The van der Waals surface area contributed by atoms with Crippen LogP contribution in [0, 0.1) is 0 Å². The SMILES string of the molecule is COC(CNC(=S)NCCc1ccc(Cl)cc1)OC. The van der Waals surface area contributed by atoms with Crippen LogP contribution in [0.3, 0.4) is 0 Å². The van der Waals surface area contributed by atoms with Crippen LogP contribution in [-0.2, 0) is 15.9 Å². The zero-order valence-corrected chi connectivity index (χ0v) is 12.7. The Morgan fingerprint density at radius 2 is 1.84 bits per heavy atom. The summed E-state index contributed by atoms with van der Waals surface area (Å²) in [6.07, 6.45) is 0.591. The fraction of sp³-hybridized carbons (Fsp3) is 0.462. The number of methoxy groups -OCH3 is 2. The second kappa shape index (κ2) is 9.09. The highest BCUT2D eigenvalue weighted by atomic mass is 35.5. The first-order valence-electron chi connectivity index (χ1n) is 5.97. The molecular weight excluding hydrogens is 284 g/mol. The molecule has 0 spiro atoms. The molecule has 0 radical (unpaired) electrons. The Balaban J connectivity index is 2.18. The summed E-state index contributed by atoms with van der Waals surface area (Å²) in [6.45, 7) is 1.28. The molecule has 0 bridgehead atoms. The molecule has 1 aromatic rings. The molecule has 6 heteroatoms. The molecular formula is C13H19ClN2O2S. The minimum atomic E-state index is -0.295. The summed E-state index contributed by atoms with van der Waals surface area (Å²) in [5.41, 5.74) is 1.21. The van der Waals surface area contributed by atoms with Crippen LogP contribution in [-0.4, -0.2) is 38.7 Å². The second-order valence-corrected chi connectivity index (χ2v) is 4.76. The normalized spacial score (nSPS) is 10.5. The van der Waals surface area contributed by atoms with Gasteiger partial charge >= 0.3 is 0 Å². The van der Waals surface area contributed by atoms with Gasteiger partial charge in [-0.2, -0.15) is 0 Å². The average Bonchev–Trinajstić information content (AvgIpc) is 2.42. The minimum Gasteiger partial charge on any atom is -0.362 e. The quantitative estimate of drug-likeness (QED) is 0.595. The minimum absolute atomic E-state index is 0.295. The van der Waals surface area contributed by atoms with Gasteiger partial charge < -0.3 is 20.1 Å². The van der Waals surface area contributed by atoms with Crippen molar-refractivity contribution in [2.24, 2.45) is 0 Å². The molecule has 0 saturated heterocycles. The molecule has 19 heavy (non-hydrogen) atoms. The first-order chi connectivity index (χ1) is 9.15. The summed E-state index contributed by atoms with van der Waals surface area (Å²) in [5.74, 6) is 0. The summed E-state index contributed by atoms with van der Waals surface area (Å²) in [5, 5.41) is 7.49. The molecule has 0 saturated carbocycles. The average molecular weight is 303 g/mol. The van der Waals surface area contributed by atoms with E-state index in [-0.39, 0.29) is 6.29 Å². The van der Waals surface area contributed by atoms with Crippen LogP contribution >= 0.6 is 23.8 Å². The Morgan fingerprint density at radius 1 is 1.21 bits per heavy atom. The maximum absolute atomic E-state index is 5.82. The van der Waals surface area contributed by atoms with E-state index in [0.717, 1.165) is 18.0 Å². The van der Waals surface area contributed by atoms with Crippen molar-refractivity contribution in [2.45, 2.75) is 12.7 Å². The van der Waals surface area contributed by atoms with Crippen LogP contribution in [0.25, 0.3) is 0 Å². The van der Waals surface area contributed by atoms with Crippen LogP contribution in [0.15, 0.2) is 24.3 Å². The zero-order valence-electron chi connectivity index (χ0n) is 11.1. The summed E-state index contributed by atoms with van der Waals surface area (Å²) in [7, 11) is 3.18. The molecule has 0 heterocycles. The number of thiocarbonyl (C=S) groups is 1. The van der Waals surface area contributed by atoms with Gasteiger partial charge in [0.2, 0.25) is 0 Å². The third kappa shape index (κ3) is 6.73. The van der Waals surface area contributed by atoms with Crippen molar-refractivity contribution in [1.29, 1.82) is 0 Å². The van der Waals surface area contributed by atoms with Crippen LogP contribution in [0.1, 0.15) is 5.56 Å². The Kier molecular flexibility index (Phi) is 7.74. The number of hydrogen-bond acceptors (Lipinski definition) is 3. The van der Waals surface area contributed by atoms with Crippen LogP contribution in [0.4, 0.5) is 0 Å². The van der Waals surface area contributed by atoms with E-state index in [1.807, 2.05) is 24.3 Å². The standard InChI is InChI=1S/C13H19ClN2O2S/c1-17-12(18-2)9-16-13(19)15-8-7-10-3-5-11(14)6-4-10/h3-6,12H,7-9H2,1-2H3,(H2,15,16,19). The van der Waals surface area contributed by atoms with E-state index in [1.54, 1.807) is 14.2 Å². The van der Waals surface area contributed by atoms with Gasteiger partial charge in [-0.1, -0.05) is 23.7 Å². The van der Waals surface area contributed by atoms with Gasteiger partial charge in [-0.3, -0.25) is 0 Å². The molecule has 0 aliphatic rings. The predicted octanol–water partition coefficient (Wildman–Crippen LogP) is 1.97. The van der Waals surface area contributed by atoms with E-state index in [4.69, 9.17) is 33.3 Å². The van der Waals surface area contributed by atoms with Gasteiger partial charge in [0.1, 0.15) is 0 Å². The van der Waals surface area contributed by atoms with Crippen molar-refractivity contribution in [3.8, 4) is 0 Å². The Hall–Kier alpha value is -0.880. The van der Waals surface area contributed by atoms with Gasteiger partial charge in [-0.05, 0) is 36.3 Å². The fourth-order valence-corrected chi connectivity index (χ4v) is 1.78. The van der Waals surface area contributed by atoms with Crippen molar-refractivity contribution in [3.63, 3.8) is 0 Å². The Morgan fingerprint density at radius 3 is 2.42 bits per heavy atom. The molecule has 0 atom stereocenters. The third-order valence-corrected chi connectivity index (χ3v) is 3.11. The lowest BCUT2D eigenvalue weighted by Crippen LogP contribution is -2.41. The molecule has 0 fully saturated rings. The highest BCUT2D eigenvalue weighted by Crippen LogP contribution is 2.09. The van der Waals surface area contributed by atoms with Gasteiger partial charge in [0, 0.05) is 25.8 Å². The van der Waals surface area contributed by atoms with Crippen LogP contribution < -0.4 is 10.6 Å². The molecule has 2 N–H and O–H groups in total. The van der Waals surface area contributed by atoms with Crippen molar-refractivity contribution >= 4 is 28.9 Å². The molecule has 106 valence electrons. The highest BCUT2D eigenvalue weighted by Gasteiger charge is 2.04. The molecule has 0 aliphatic heterocycles. The maximum Gasteiger partial charge on any atom is 0.174 e. The summed E-state index contributed by atoms with van der Waals surface area (Å²) < 4.78 is 10.1. The van der Waals surface area contributed by atoms with Crippen molar-refractivity contribution in [2.75, 3.05) is 27.3 Å². The number of benzene rings is 1. The topological polar surface area (TPSA) is 42.5 Å². The lowest BCUT2D eigenvalue weighted by atomic mass is 10.1. The first-order valence-corrected chi connectivity index (χ1v) is 6.76. The van der Waals surface area contributed by atoms with Gasteiger partial charge in [0.15, 0.2) is 11.4 Å². The van der Waals surface area contributed by atoms with Crippen molar-refractivity contribution in [1.82, 2.24) is 10.6 Å². The summed E-state index contributed by atoms with van der Waals surface area (Å²) in [6, 6.07) is 7.78. The van der Waals surface area contributed by atoms with E-state index >= 15 is 0 Å². The van der Waals surface area contributed by atoms with Gasteiger partial charge in [-0.15, -0.1) is 0 Å². The molecule has 0 aromatic heterocycles. The number of hydrogen-bond donors (Lipinski definition) is 2. The molecule has 0 unspecified atom stereocenters. The van der Waals surface area contributed by atoms with Gasteiger partial charge in [0.25, 0.3) is 0 Å². The number of halogens is 1. The first kappa shape index (κ1) is 16.2. The highest BCUT2D eigenvalue weighted by molar-refractivity contribution is 7.80. The molecule has 4 nitrogen and oxygen atoms in total. The lowest BCUT2D eigenvalue weighted by molar-refractivity contribution is -0.0965. The zero-order chi connectivity index (χ0) is 14.1. The Bertz CT molecular complexity index is 383. The number of rotatable bonds is 7. The smallest absolute Gasteiger partial charge is 0.174 e. The van der Waals surface area contributed by atoms with E-state index in [1.165, 1.54) is 5.56 Å². The number of ether oxygens (including phenoxy) is 2. The van der Waals surface area contributed by atoms with E-state index in [9.17, 15) is 0 Å². The van der Waals surface area contributed by atoms with Crippen LogP contribution in [0.5, 0.6) is 0 Å². The largest absolute Gasteiger partial charge is 0.362 e. The van der Waals surface area contributed by atoms with Gasteiger partial charge in [0.05, 0.1) is 6.54 Å². The van der Waals surface area contributed by atoms with Crippen molar-refractivity contribution < 1.29 is 9.47 Å². The van der Waals surface area contributed by atoms with Crippen LogP contribution in [0.2, 0.25) is 5.02 Å². The summed E-state index contributed by atoms with van der Waals surface area (Å²) >= 11 is 11.0. The van der Waals surface area contributed by atoms with Gasteiger partial charge in [-0.25, -0.2) is 0 Å². The van der Waals surface area contributed by atoms with E-state index in [2.05, 4.69) is 10.6 Å². The molecule has 1 aromatic carbocycles. The van der Waals surface area contributed by atoms with Crippen molar-refractivity contribution in [3.05, 3.63) is 34.9 Å². The molecule has 0 amide bonds. The Labute approximate surface area is 124 Å². The molecule has 0 aliphatic carbocycles. The number of nitrogens with one attached hydrogen (secondary N) is 2.